The summed E-state index contributed by atoms with van der Waals surface area (Å²) >= 11 is 5.91. The molecule has 2 aromatic rings. The summed E-state index contributed by atoms with van der Waals surface area (Å²) in [5, 5.41) is 10.0. The Morgan fingerprint density at radius 3 is 2.67 bits per heavy atom. The molecule has 0 amide bonds. The summed E-state index contributed by atoms with van der Waals surface area (Å²) in [6, 6.07) is 14.7. The zero-order chi connectivity index (χ0) is 12.8. The maximum Gasteiger partial charge on any atom is 0.122 e. The van der Waals surface area contributed by atoms with Gasteiger partial charge in [-0.2, -0.15) is 0 Å². The fraction of sp³-hybridized carbons (Fsp3) is 0.200. The number of phenolic OH excluding ortho intramolecular Hbond substituents is 1. The van der Waals surface area contributed by atoms with Gasteiger partial charge in [-0.15, -0.1) is 0 Å². The normalized spacial score (nSPS) is 10.3. The van der Waals surface area contributed by atoms with E-state index in [1.54, 1.807) is 18.2 Å². The van der Waals surface area contributed by atoms with Gasteiger partial charge >= 0.3 is 0 Å². The van der Waals surface area contributed by atoms with Crippen molar-refractivity contribution in [2.45, 2.75) is 12.8 Å². The average Bonchev–Trinajstić information content (AvgIpc) is 2.35. The molecule has 94 valence electrons. The van der Waals surface area contributed by atoms with E-state index in [1.165, 1.54) is 5.56 Å². The van der Waals surface area contributed by atoms with Gasteiger partial charge in [-0.3, -0.25) is 0 Å². The third kappa shape index (κ3) is 3.97. The standard InChI is InChI=1S/C15H15ClO2/c16-13-6-1-4-12(10-13)5-3-9-18-15-8-2-7-14(17)11-15/h1-2,4,6-8,10-11,17H,3,5,9H2. The monoisotopic (exact) mass is 262 g/mol. The van der Waals surface area contributed by atoms with Gasteiger partial charge in [0.1, 0.15) is 11.5 Å². The van der Waals surface area contributed by atoms with Crippen LogP contribution in [0.4, 0.5) is 0 Å². The minimum absolute atomic E-state index is 0.224. The van der Waals surface area contributed by atoms with E-state index in [-0.39, 0.29) is 5.75 Å². The molecule has 0 bridgehead atoms. The van der Waals surface area contributed by atoms with Crippen molar-refractivity contribution in [3.05, 3.63) is 59.1 Å². The molecule has 0 saturated heterocycles. The summed E-state index contributed by atoms with van der Waals surface area (Å²) in [6.45, 7) is 0.621. The average molecular weight is 263 g/mol. The summed E-state index contributed by atoms with van der Waals surface area (Å²) in [4.78, 5) is 0. The number of hydrogen-bond acceptors (Lipinski definition) is 2. The van der Waals surface area contributed by atoms with Gasteiger partial charge in [-0.25, -0.2) is 0 Å². The van der Waals surface area contributed by atoms with E-state index in [0.29, 0.717) is 12.4 Å². The lowest BCUT2D eigenvalue weighted by atomic mass is 10.1. The lowest BCUT2D eigenvalue weighted by Gasteiger charge is -2.06. The van der Waals surface area contributed by atoms with Crippen LogP contribution in [-0.2, 0) is 6.42 Å². The molecule has 0 heterocycles. The zero-order valence-electron chi connectivity index (χ0n) is 9.97. The van der Waals surface area contributed by atoms with E-state index in [9.17, 15) is 5.11 Å². The molecule has 0 saturated carbocycles. The molecular weight excluding hydrogens is 248 g/mol. The number of benzene rings is 2. The SMILES string of the molecule is Oc1cccc(OCCCc2cccc(Cl)c2)c1. The van der Waals surface area contributed by atoms with Gasteiger partial charge in [0.15, 0.2) is 0 Å². The van der Waals surface area contributed by atoms with Crippen molar-refractivity contribution in [2.75, 3.05) is 6.61 Å². The van der Waals surface area contributed by atoms with Crippen molar-refractivity contribution in [3.63, 3.8) is 0 Å². The highest BCUT2D eigenvalue weighted by atomic mass is 35.5. The molecule has 18 heavy (non-hydrogen) atoms. The predicted octanol–water partition coefficient (Wildman–Crippen LogP) is 4.06. The molecule has 2 nitrogen and oxygen atoms in total. The van der Waals surface area contributed by atoms with Crippen LogP contribution in [0.1, 0.15) is 12.0 Å². The van der Waals surface area contributed by atoms with E-state index >= 15 is 0 Å². The quantitative estimate of drug-likeness (QED) is 0.824. The Kier molecular flexibility index (Phi) is 4.48. The van der Waals surface area contributed by atoms with Crippen molar-refractivity contribution in [3.8, 4) is 11.5 Å². The molecule has 0 atom stereocenters. The first-order valence-corrected chi connectivity index (χ1v) is 6.28. The van der Waals surface area contributed by atoms with Crippen LogP contribution in [0.5, 0.6) is 11.5 Å². The van der Waals surface area contributed by atoms with Crippen LogP contribution in [0.2, 0.25) is 5.02 Å². The van der Waals surface area contributed by atoms with Gasteiger partial charge in [-0.05, 0) is 42.7 Å². The Morgan fingerprint density at radius 1 is 1.06 bits per heavy atom. The second-order valence-electron chi connectivity index (χ2n) is 4.08. The number of rotatable bonds is 5. The van der Waals surface area contributed by atoms with E-state index in [1.807, 2.05) is 24.3 Å². The fourth-order valence-electron chi connectivity index (χ4n) is 1.73. The third-order valence-corrected chi connectivity index (χ3v) is 2.82. The molecule has 0 fully saturated rings. The molecule has 0 unspecified atom stereocenters. The summed E-state index contributed by atoms with van der Waals surface area (Å²) in [5.41, 5.74) is 1.21. The topological polar surface area (TPSA) is 29.5 Å². The van der Waals surface area contributed by atoms with Crippen molar-refractivity contribution in [1.29, 1.82) is 0 Å². The van der Waals surface area contributed by atoms with Gasteiger partial charge < -0.3 is 9.84 Å². The van der Waals surface area contributed by atoms with Gasteiger partial charge in [0.05, 0.1) is 6.61 Å². The highest BCUT2D eigenvalue weighted by Gasteiger charge is 1.97. The maximum atomic E-state index is 9.28. The van der Waals surface area contributed by atoms with E-state index in [4.69, 9.17) is 16.3 Å². The van der Waals surface area contributed by atoms with E-state index < -0.39 is 0 Å². The first-order chi connectivity index (χ1) is 8.74. The summed E-state index contributed by atoms with van der Waals surface area (Å²) in [5.74, 6) is 0.920. The Morgan fingerprint density at radius 2 is 1.89 bits per heavy atom. The van der Waals surface area contributed by atoms with Gasteiger partial charge in [0.2, 0.25) is 0 Å². The van der Waals surface area contributed by atoms with Crippen molar-refractivity contribution in [1.82, 2.24) is 0 Å². The predicted molar refractivity (Wildman–Crippen MR) is 73.4 cm³/mol. The van der Waals surface area contributed by atoms with Gasteiger partial charge in [0.25, 0.3) is 0 Å². The molecule has 2 rings (SSSR count). The molecule has 0 spiro atoms. The van der Waals surface area contributed by atoms with Crippen LogP contribution < -0.4 is 4.74 Å². The molecule has 3 heteroatoms. The van der Waals surface area contributed by atoms with Crippen LogP contribution in [-0.4, -0.2) is 11.7 Å². The molecular formula is C15H15ClO2. The van der Waals surface area contributed by atoms with Gasteiger partial charge in [0, 0.05) is 11.1 Å². The largest absolute Gasteiger partial charge is 0.508 e. The summed E-state index contributed by atoms with van der Waals surface area (Å²) < 4.78 is 5.55. The van der Waals surface area contributed by atoms with Crippen LogP contribution in [0.25, 0.3) is 0 Å². The van der Waals surface area contributed by atoms with Crippen LogP contribution in [0, 0.1) is 0 Å². The van der Waals surface area contributed by atoms with Crippen LogP contribution in [0.15, 0.2) is 48.5 Å². The first kappa shape index (κ1) is 12.8. The molecule has 0 aromatic heterocycles. The first-order valence-electron chi connectivity index (χ1n) is 5.90. The summed E-state index contributed by atoms with van der Waals surface area (Å²) in [7, 11) is 0. The third-order valence-electron chi connectivity index (χ3n) is 2.59. The van der Waals surface area contributed by atoms with E-state index in [0.717, 1.165) is 17.9 Å². The Hall–Kier alpha value is -1.67. The minimum Gasteiger partial charge on any atom is -0.508 e. The van der Waals surface area contributed by atoms with Crippen LogP contribution >= 0.6 is 11.6 Å². The van der Waals surface area contributed by atoms with Crippen molar-refractivity contribution >= 4 is 11.6 Å². The Bertz CT molecular complexity index is 464. The number of aryl methyl sites for hydroxylation is 1. The second-order valence-corrected chi connectivity index (χ2v) is 4.52. The lowest BCUT2D eigenvalue weighted by Crippen LogP contribution is -1.99. The second kappa shape index (κ2) is 6.31. The molecule has 2 aromatic carbocycles. The maximum absolute atomic E-state index is 9.28. The molecule has 0 aliphatic carbocycles. The highest BCUT2D eigenvalue weighted by Crippen LogP contribution is 2.18. The number of hydrogen-bond donors (Lipinski definition) is 1. The van der Waals surface area contributed by atoms with Gasteiger partial charge in [-0.1, -0.05) is 29.8 Å². The van der Waals surface area contributed by atoms with Crippen molar-refractivity contribution in [2.24, 2.45) is 0 Å². The lowest BCUT2D eigenvalue weighted by molar-refractivity contribution is 0.309. The van der Waals surface area contributed by atoms with Crippen molar-refractivity contribution < 1.29 is 9.84 Å². The number of halogens is 1. The molecule has 1 N–H and O–H groups in total. The number of aromatic hydroxyl groups is 1. The molecule has 0 aliphatic heterocycles. The zero-order valence-corrected chi connectivity index (χ0v) is 10.7. The summed E-state index contributed by atoms with van der Waals surface area (Å²) in [6.07, 6.45) is 1.84. The van der Waals surface area contributed by atoms with E-state index in [2.05, 4.69) is 6.07 Å². The highest BCUT2D eigenvalue weighted by molar-refractivity contribution is 6.30. The Labute approximate surface area is 112 Å². The van der Waals surface area contributed by atoms with Crippen LogP contribution in [0.3, 0.4) is 0 Å². The number of ether oxygens (including phenoxy) is 1. The fourth-order valence-corrected chi connectivity index (χ4v) is 1.94. The minimum atomic E-state index is 0.224. The molecule has 0 radical (unpaired) electrons. The smallest absolute Gasteiger partial charge is 0.122 e. The molecule has 0 aliphatic rings. The Balaban J connectivity index is 1.76. The number of phenols is 1.